The number of nitrogens with one attached hydrogen (secondary N) is 2. The van der Waals surface area contributed by atoms with Crippen LogP contribution in [0.2, 0.25) is 0 Å². The summed E-state index contributed by atoms with van der Waals surface area (Å²) in [5.41, 5.74) is 1.56. The van der Waals surface area contributed by atoms with Crippen LogP contribution >= 0.6 is 0 Å². The standard InChI is InChI=1S/C21H27FN6O2/c1-15(2)30-13-3-12-23-21(29)11-10-20-26-25-19-9-8-18(27-28(19)20)24-14-16-4-6-17(22)7-5-16/h4-9,15H,3,10-14H2,1-2H3,(H,23,29)(H,24,27). The van der Waals surface area contributed by atoms with E-state index in [4.69, 9.17) is 4.74 Å². The van der Waals surface area contributed by atoms with E-state index in [1.54, 1.807) is 16.6 Å². The van der Waals surface area contributed by atoms with Crippen LogP contribution in [0.1, 0.15) is 38.1 Å². The summed E-state index contributed by atoms with van der Waals surface area (Å²) in [6.45, 7) is 5.70. The summed E-state index contributed by atoms with van der Waals surface area (Å²) in [6.07, 6.45) is 1.72. The fourth-order valence-corrected chi connectivity index (χ4v) is 2.81. The molecule has 0 aliphatic carbocycles. The Balaban J connectivity index is 1.50. The van der Waals surface area contributed by atoms with Crippen LogP contribution in [-0.4, -0.2) is 45.0 Å². The van der Waals surface area contributed by atoms with E-state index >= 15 is 0 Å². The van der Waals surface area contributed by atoms with Gasteiger partial charge in [0.15, 0.2) is 11.5 Å². The van der Waals surface area contributed by atoms with Crippen molar-refractivity contribution in [2.24, 2.45) is 0 Å². The van der Waals surface area contributed by atoms with Gasteiger partial charge in [0.2, 0.25) is 5.91 Å². The molecule has 0 fully saturated rings. The minimum Gasteiger partial charge on any atom is -0.379 e. The number of hydrogen-bond acceptors (Lipinski definition) is 6. The van der Waals surface area contributed by atoms with E-state index in [1.807, 2.05) is 26.0 Å². The molecule has 30 heavy (non-hydrogen) atoms. The maximum absolute atomic E-state index is 13.0. The molecule has 0 aliphatic rings. The summed E-state index contributed by atoms with van der Waals surface area (Å²) in [6, 6.07) is 9.91. The van der Waals surface area contributed by atoms with Crippen molar-refractivity contribution < 1.29 is 13.9 Å². The molecule has 160 valence electrons. The number of carbonyl (C=O) groups excluding carboxylic acids is 1. The SMILES string of the molecule is CC(C)OCCCNC(=O)CCc1nnc2ccc(NCc3ccc(F)cc3)nn12. The topological polar surface area (TPSA) is 93.4 Å². The second-order valence-electron chi connectivity index (χ2n) is 7.21. The highest BCUT2D eigenvalue weighted by Crippen LogP contribution is 2.11. The Labute approximate surface area is 174 Å². The zero-order valence-electron chi connectivity index (χ0n) is 17.3. The van der Waals surface area contributed by atoms with Gasteiger partial charge in [-0.1, -0.05) is 12.1 Å². The molecule has 0 saturated carbocycles. The van der Waals surface area contributed by atoms with Crippen molar-refractivity contribution in [2.75, 3.05) is 18.5 Å². The number of rotatable bonds is 11. The molecule has 0 radical (unpaired) electrons. The highest BCUT2D eigenvalue weighted by Gasteiger charge is 2.10. The maximum Gasteiger partial charge on any atom is 0.220 e. The van der Waals surface area contributed by atoms with Crippen molar-refractivity contribution in [3.8, 4) is 0 Å². The lowest BCUT2D eigenvalue weighted by atomic mass is 10.2. The Hall–Kier alpha value is -3.07. The number of fused-ring (bicyclic) bond motifs is 1. The van der Waals surface area contributed by atoms with E-state index < -0.39 is 0 Å². The molecule has 2 N–H and O–H groups in total. The van der Waals surface area contributed by atoms with Gasteiger partial charge >= 0.3 is 0 Å². The second-order valence-corrected chi connectivity index (χ2v) is 7.21. The molecule has 9 heteroatoms. The van der Waals surface area contributed by atoms with Crippen LogP contribution in [0, 0.1) is 5.82 Å². The quantitative estimate of drug-likeness (QED) is 0.469. The van der Waals surface area contributed by atoms with Crippen LogP contribution in [0.4, 0.5) is 10.2 Å². The number of amides is 1. The first-order chi connectivity index (χ1) is 14.5. The lowest BCUT2D eigenvalue weighted by molar-refractivity contribution is -0.121. The van der Waals surface area contributed by atoms with E-state index in [9.17, 15) is 9.18 Å². The highest BCUT2D eigenvalue weighted by molar-refractivity contribution is 5.76. The first-order valence-corrected chi connectivity index (χ1v) is 10.1. The number of aromatic nitrogens is 4. The zero-order valence-corrected chi connectivity index (χ0v) is 17.3. The molecule has 8 nitrogen and oxygen atoms in total. The number of anilines is 1. The van der Waals surface area contributed by atoms with Crippen molar-refractivity contribution in [2.45, 2.75) is 45.8 Å². The molecular formula is C21H27FN6O2. The monoisotopic (exact) mass is 414 g/mol. The van der Waals surface area contributed by atoms with Gasteiger partial charge in [-0.3, -0.25) is 4.79 Å². The summed E-state index contributed by atoms with van der Waals surface area (Å²) in [7, 11) is 0. The second kappa shape index (κ2) is 10.6. The predicted molar refractivity (Wildman–Crippen MR) is 112 cm³/mol. The Bertz CT molecular complexity index is 958. The van der Waals surface area contributed by atoms with Gasteiger partial charge in [0.1, 0.15) is 11.6 Å². The highest BCUT2D eigenvalue weighted by atomic mass is 19.1. The van der Waals surface area contributed by atoms with Crippen molar-refractivity contribution in [1.82, 2.24) is 25.1 Å². The van der Waals surface area contributed by atoms with E-state index in [-0.39, 0.29) is 17.8 Å². The van der Waals surface area contributed by atoms with Gasteiger partial charge in [0.25, 0.3) is 0 Å². The van der Waals surface area contributed by atoms with E-state index in [2.05, 4.69) is 25.9 Å². The smallest absolute Gasteiger partial charge is 0.220 e. The summed E-state index contributed by atoms with van der Waals surface area (Å²) < 4.78 is 20.1. The largest absolute Gasteiger partial charge is 0.379 e. The number of benzene rings is 1. The first kappa shape index (κ1) is 21.6. The number of carbonyl (C=O) groups is 1. The van der Waals surface area contributed by atoms with Crippen LogP contribution in [0.25, 0.3) is 5.65 Å². The number of halogens is 1. The van der Waals surface area contributed by atoms with Crippen LogP contribution < -0.4 is 10.6 Å². The van der Waals surface area contributed by atoms with Crippen molar-refractivity contribution in [3.63, 3.8) is 0 Å². The van der Waals surface area contributed by atoms with Gasteiger partial charge in [0.05, 0.1) is 6.10 Å². The molecule has 0 bridgehead atoms. The number of hydrogen-bond donors (Lipinski definition) is 2. The lowest BCUT2D eigenvalue weighted by Gasteiger charge is -2.08. The molecule has 3 aromatic rings. The summed E-state index contributed by atoms with van der Waals surface area (Å²) in [5.74, 6) is 0.957. The molecule has 1 aromatic carbocycles. The van der Waals surface area contributed by atoms with Crippen LogP contribution in [-0.2, 0) is 22.5 Å². The molecule has 3 rings (SSSR count). The average molecular weight is 414 g/mol. The normalized spacial score (nSPS) is 11.2. The van der Waals surface area contributed by atoms with E-state index in [0.29, 0.717) is 49.8 Å². The average Bonchev–Trinajstić information content (AvgIpc) is 3.13. The molecule has 0 atom stereocenters. The fraction of sp³-hybridized carbons (Fsp3) is 0.429. The van der Waals surface area contributed by atoms with Crippen LogP contribution in [0.15, 0.2) is 36.4 Å². The first-order valence-electron chi connectivity index (χ1n) is 10.1. The summed E-state index contributed by atoms with van der Waals surface area (Å²) in [4.78, 5) is 12.1. The molecule has 2 aromatic heterocycles. The zero-order chi connectivity index (χ0) is 21.3. The summed E-state index contributed by atoms with van der Waals surface area (Å²) >= 11 is 0. The number of ether oxygens (including phenoxy) is 1. The minimum atomic E-state index is -0.264. The van der Waals surface area contributed by atoms with Gasteiger partial charge in [-0.2, -0.15) is 4.52 Å². The summed E-state index contributed by atoms with van der Waals surface area (Å²) in [5, 5.41) is 18.8. The molecule has 0 unspecified atom stereocenters. The molecular weight excluding hydrogens is 387 g/mol. The lowest BCUT2D eigenvalue weighted by Crippen LogP contribution is -2.26. The Morgan fingerprint density at radius 1 is 1.17 bits per heavy atom. The Morgan fingerprint density at radius 3 is 2.73 bits per heavy atom. The van der Waals surface area contributed by atoms with Crippen LogP contribution in [0.3, 0.4) is 0 Å². The molecule has 1 amide bonds. The minimum absolute atomic E-state index is 0.0399. The van der Waals surface area contributed by atoms with Gasteiger partial charge in [-0.05, 0) is 50.1 Å². The molecule has 2 heterocycles. The molecule has 0 aliphatic heterocycles. The van der Waals surface area contributed by atoms with Crippen molar-refractivity contribution in [3.05, 3.63) is 53.6 Å². The fourth-order valence-electron chi connectivity index (χ4n) is 2.81. The van der Waals surface area contributed by atoms with Crippen molar-refractivity contribution in [1.29, 1.82) is 0 Å². The number of aryl methyl sites for hydroxylation is 1. The molecule has 0 saturated heterocycles. The third-order valence-corrected chi connectivity index (χ3v) is 4.38. The van der Waals surface area contributed by atoms with Crippen LogP contribution in [0.5, 0.6) is 0 Å². The predicted octanol–water partition coefficient (Wildman–Crippen LogP) is 2.74. The maximum atomic E-state index is 13.0. The Morgan fingerprint density at radius 2 is 1.97 bits per heavy atom. The van der Waals surface area contributed by atoms with E-state index in [0.717, 1.165) is 12.0 Å². The Kier molecular flexibility index (Phi) is 7.67. The van der Waals surface area contributed by atoms with Gasteiger partial charge in [0, 0.05) is 32.5 Å². The van der Waals surface area contributed by atoms with E-state index in [1.165, 1.54) is 12.1 Å². The molecule has 0 spiro atoms. The van der Waals surface area contributed by atoms with Crippen molar-refractivity contribution >= 4 is 17.4 Å². The third-order valence-electron chi connectivity index (χ3n) is 4.38. The number of nitrogens with zero attached hydrogens (tertiary/aromatic N) is 4. The van der Waals surface area contributed by atoms with Gasteiger partial charge in [-0.15, -0.1) is 15.3 Å². The van der Waals surface area contributed by atoms with Gasteiger partial charge < -0.3 is 15.4 Å². The van der Waals surface area contributed by atoms with Gasteiger partial charge in [-0.25, -0.2) is 4.39 Å². The third kappa shape index (κ3) is 6.48.